The summed E-state index contributed by atoms with van der Waals surface area (Å²) >= 11 is 5.99. The van der Waals surface area contributed by atoms with Crippen LogP contribution in [0.15, 0.2) is 48.8 Å². The molecule has 0 aliphatic carbocycles. The van der Waals surface area contributed by atoms with E-state index in [9.17, 15) is 4.79 Å². The van der Waals surface area contributed by atoms with Gasteiger partial charge in [0, 0.05) is 16.4 Å². The normalized spacial score (nSPS) is 10.3. The number of anilines is 5. The molecule has 27 heavy (non-hydrogen) atoms. The highest BCUT2D eigenvalue weighted by Crippen LogP contribution is 2.30. The Hall–Kier alpha value is -3.32. The van der Waals surface area contributed by atoms with Gasteiger partial charge in [-0.15, -0.1) is 0 Å². The number of esters is 1. The van der Waals surface area contributed by atoms with Crippen molar-refractivity contribution in [2.75, 3.05) is 23.5 Å². The van der Waals surface area contributed by atoms with Crippen LogP contribution in [0.3, 0.4) is 0 Å². The lowest BCUT2D eigenvalue weighted by Crippen LogP contribution is -2.06. The number of hydrogen-bond donors (Lipinski definition) is 3. The number of benzene rings is 2. The van der Waals surface area contributed by atoms with Crippen molar-refractivity contribution in [3.8, 4) is 0 Å². The van der Waals surface area contributed by atoms with Gasteiger partial charge in [-0.25, -0.2) is 14.8 Å². The van der Waals surface area contributed by atoms with E-state index in [4.69, 9.17) is 17.3 Å². The van der Waals surface area contributed by atoms with Crippen LogP contribution in [0.2, 0.25) is 5.02 Å². The highest BCUT2D eigenvalue weighted by molar-refractivity contribution is 6.30. The highest BCUT2D eigenvalue weighted by Gasteiger charge is 2.11. The van der Waals surface area contributed by atoms with E-state index in [1.165, 1.54) is 13.4 Å². The Morgan fingerprint density at radius 3 is 2.37 bits per heavy atom. The Kier molecular flexibility index (Phi) is 5.42. The Morgan fingerprint density at radius 1 is 1.07 bits per heavy atom. The molecule has 4 N–H and O–H groups in total. The summed E-state index contributed by atoms with van der Waals surface area (Å²) in [4.78, 5) is 19.9. The van der Waals surface area contributed by atoms with Crippen LogP contribution in [-0.2, 0) is 4.74 Å². The standard InChI is InChI=1S/C19H18ClN5O2/c1-11-9-13(20)5-8-15(11)25-18-16(21)17(22-10-23-18)24-14-6-3-12(4-7-14)19(26)27-2/h3-10H,21H2,1-2H3,(H2,22,23,24,25). The number of nitrogens with zero attached hydrogens (tertiary/aromatic N) is 2. The number of nitrogen functional groups attached to an aromatic ring is 1. The van der Waals surface area contributed by atoms with Crippen LogP contribution in [0, 0.1) is 6.92 Å². The van der Waals surface area contributed by atoms with Crippen LogP contribution in [0.25, 0.3) is 0 Å². The van der Waals surface area contributed by atoms with E-state index in [0.717, 1.165) is 16.9 Å². The van der Waals surface area contributed by atoms with E-state index in [1.54, 1.807) is 30.3 Å². The van der Waals surface area contributed by atoms with Crippen molar-refractivity contribution in [1.82, 2.24) is 9.97 Å². The van der Waals surface area contributed by atoms with E-state index in [-0.39, 0.29) is 0 Å². The maximum absolute atomic E-state index is 11.5. The maximum Gasteiger partial charge on any atom is 0.337 e. The van der Waals surface area contributed by atoms with Gasteiger partial charge in [0.1, 0.15) is 12.0 Å². The minimum absolute atomic E-state index is 0.365. The number of aromatic nitrogens is 2. The molecule has 0 spiro atoms. The summed E-state index contributed by atoms with van der Waals surface area (Å²) in [6.07, 6.45) is 1.41. The Balaban J connectivity index is 1.81. The first-order chi connectivity index (χ1) is 13.0. The number of ether oxygens (including phenoxy) is 1. The summed E-state index contributed by atoms with van der Waals surface area (Å²) in [7, 11) is 1.34. The maximum atomic E-state index is 11.5. The minimum Gasteiger partial charge on any atom is -0.465 e. The first kappa shape index (κ1) is 18.5. The van der Waals surface area contributed by atoms with Crippen molar-refractivity contribution in [3.63, 3.8) is 0 Å². The number of carbonyl (C=O) groups is 1. The number of rotatable bonds is 5. The fourth-order valence-electron chi connectivity index (χ4n) is 2.43. The first-order valence-corrected chi connectivity index (χ1v) is 8.45. The lowest BCUT2D eigenvalue weighted by atomic mass is 10.2. The Labute approximate surface area is 161 Å². The summed E-state index contributed by atoms with van der Waals surface area (Å²) in [6, 6.07) is 12.3. The number of methoxy groups -OCH3 is 1. The molecule has 0 saturated carbocycles. The molecule has 0 aliphatic heterocycles. The third kappa shape index (κ3) is 4.27. The number of carbonyl (C=O) groups excluding carboxylic acids is 1. The van der Waals surface area contributed by atoms with E-state index in [1.807, 2.05) is 19.1 Å². The van der Waals surface area contributed by atoms with Crippen LogP contribution in [-0.4, -0.2) is 23.0 Å². The van der Waals surface area contributed by atoms with Gasteiger partial charge in [-0.1, -0.05) is 11.6 Å². The van der Waals surface area contributed by atoms with Gasteiger partial charge in [-0.3, -0.25) is 0 Å². The zero-order valence-electron chi connectivity index (χ0n) is 14.8. The minimum atomic E-state index is -0.395. The van der Waals surface area contributed by atoms with Crippen LogP contribution < -0.4 is 16.4 Å². The molecule has 8 heteroatoms. The quantitative estimate of drug-likeness (QED) is 0.564. The molecule has 0 bridgehead atoms. The lowest BCUT2D eigenvalue weighted by molar-refractivity contribution is 0.0601. The number of nitrogens with one attached hydrogen (secondary N) is 2. The molecule has 7 nitrogen and oxygen atoms in total. The summed E-state index contributed by atoms with van der Waals surface area (Å²) in [5.74, 6) is 0.530. The number of nitrogens with two attached hydrogens (primary N) is 1. The fourth-order valence-corrected chi connectivity index (χ4v) is 2.66. The van der Waals surface area contributed by atoms with Gasteiger partial charge in [0.25, 0.3) is 0 Å². The Bertz CT molecular complexity index is 976. The number of halogens is 1. The predicted molar refractivity (Wildman–Crippen MR) is 107 cm³/mol. The second-order valence-electron chi connectivity index (χ2n) is 5.76. The summed E-state index contributed by atoms with van der Waals surface area (Å²) < 4.78 is 4.69. The van der Waals surface area contributed by atoms with Gasteiger partial charge in [-0.05, 0) is 55.0 Å². The zero-order valence-corrected chi connectivity index (χ0v) is 15.5. The number of hydrogen-bond acceptors (Lipinski definition) is 7. The van der Waals surface area contributed by atoms with Crippen molar-refractivity contribution in [2.24, 2.45) is 0 Å². The SMILES string of the molecule is COC(=O)c1ccc(Nc2ncnc(Nc3ccc(Cl)cc3C)c2N)cc1. The van der Waals surface area contributed by atoms with Gasteiger partial charge in [0.05, 0.1) is 12.7 Å². The highest BCUT2D eigenvalue weighted by atomic mass is 35.5. The molecule has 0 aliphatic rings. The molecule has 0 unspecified atom stereocenters. The van der Waals surface area contributed by atoms with Crippen LogP contribution in [0.4, 0.5) is 28.7 Å². The fraction of sp³-hybridized carbons (Fsp3) is 0.105. The third-order valence-electron chi connectivity index (χ3n) is 3.89. The largest absolute Gasteiger partial charge is 0.465 e. The summed E-state index contributed by atoms with van der Waals surface area (Å²) in [5, 5.41) is 6.97. The van der Waals surface area contributed by atoms with Crippen LogP contribution in [0.5, 0.6) is 0 Å². The Morgan fingerprint density at radius 2 is 1.74 bits per heavy atom. The smallest absolute Gasteiger partial charge is 0.337 e. The third-order valence-corrected chi connectivity index (χ3v) is 4.13. The molecule has 3 aromatic rings. The molecule has 0 atom stereocenters. The summed E-state index contributed by atoms with van der Waals surface area (Å²) in [5.41, 5.74) is 9.57. The molecule has 0 amide bonds. The van der Waals surface area contributed by atoms with Gasteiger partial charge >= 0.3 is 5.97 Å². The molecule has 0 fully saturated rings. The predicted octanol–water partition coefficient (Wildman–Crippen LogP) is 4.29. The molecule has 3 rings (SSSR count). The molecule has 0 saturated heterocycles. The molecule has 1 aromatic heterocycles. The van der Waals surface area contributed by atoms with E-state index < -0.39 is 5.97 Å². The topological polar surface area (TPSA) is 102 Å². The van der Waals surface area contributed by atoms with E-state index >= 15 is 0 Å². The van der Waals surface area contributed by atoms with Crippen molar-refractivity contribution in [2.45, 2.75) is 6.92 Å². The molecule has 2 aromatic carbocycles. The average molecular weight is 384 g/mol. The van der Waals surface area contributed by atoms with Crippen molar-refractivity contribution >= 4 is 46.3 Å². The van der Waals surface area contributed by atoms with Crippen molar-refractivity contribution < 1.29 is 9.53 Å². The van der Waals surface area contributed by atoms with E-state index in [0.29, 0.717) is 27.9 Å². The molecular formula is C19H18ClN5O2. The lowest BCUT2D eigenvalue weighted by Gasteiger charge is -2.14. The zero-order chi connectivity index (χ0) is 19.4. The average Bonchev–Trinajstić information content (AvgIpc) is 2.67. The summed E-state index contributed by atoms with van der Waals surface area (Å²) in [6.45, 7) is 1.94. The number of aryl methyl sites for hydroxylation is 1. The van der Waals surface area contributed by atoms with Crippen molar-refractivity contribution in [3.05, 3.63) is 64.9 Å². The molecule has 138 valence electrons. The van der Waals surface area contributed by atoms with E-state index in [2.05, 4.69) is 25.3 Å². The van der Waals surface area contributed by atoms with Gasteiger partial charge in [-0.2, -0.15) is 0 Å². The monoisotopic (exact) mass is 383 g/mol. The first-order valence-electron chi connectivity index (χ1n) is 8.07. The van der Waals surface area contributed by atoms with Gasteiger partial charge in [0.2, 0.25) is 0 Å². The molecule has 0 radical (unpaired) electrons. The second kappa shape index (κ2) is 7.92. The second-order valence-corrected chi connectivity index (χ2v) is 6.20. The molecule has 1 heterocycles. The van der Waals surface area contributed by atoms with Gasteiger partial charge in [0.15, 0.2) is 11.6 Å². The molecular weight excluding hydrogens is 366 g/mol. The van der Waals surface area contributed by atoms with Gasteiger partial charge < -0.3 is 21.1 Å². The van der Waals surface area contributed by atoms with Crippen LogP contribution >= 0.6 is 11.6 Å². The van der Waals surface area contributed by atoms with Crippen LogP contribution in [0.1, 0.15) is 15.9 Å². The van der Waals surface area contributed by atoms with Crippen molar-refractivity contribution in [1.29, 1.82) is 0 Å².